The number of carbonyl (C=O) groups excluding carboxylic acids is 1. The predicted molar refractivity (Wildman–Crippen MR) is 98.4 cm³/mol. The molecular weight excluding hydrogens is 326 g/mol. The van der Waals surface area contributed by atoms with Gasteiger partial charge in [0.1, 0.15) is 5.82 Å². The standard InChI is InChI=1S/C20H27N5O/c26-20(16-3-1-2-4-16)23-8-7-19-21-12-18(25(19)10-9-23)17-11-22-24(14-17)13-15-5-6-15/h11-12,14-16H,1-10,13H2. The van der Waals surface area contributed by atoms with Gasteiger partial charge in [-0.1, -0.05) is 12.8 Å². The van der Waals surface area contributed by atoms with Crippen molar-refractivity contribution >= 4 is 5.91 Å². The lowest BCUT2D eigenvalue weighted by molar-refractivity contribution is -0.135. The number of carbonyl (C=O) groups is 1. The molecule has 138 valence electrons. The highest BCUT2D eigenvalue weighted by Gasteiger charge is 2.29. The van der Waals surface area contributed by atoms with Crippen LogP contribution in [0.3, 0.4) is 0 Å². The van der Waals surface area contributed by atoms with Crippen molar-refractivity contribution in [2.45, 2.75) is 58.0 Å². The SMILES string of the molecule is O=C(C1CCCC1)N1CCc2ncc(-c3cnn(CC4CC4)c3)n2CC1. The average molecular weight is 353 g/mol. The van der Waals surface area contributed by atoms with Gasteiger partial charge in [0.05, 0.1) is 18.1 Å². The Morgan fingerprint density at radius 2 is 1.92 bits per heavy atom. The molecule has 2 aromatic rings. The summed E-state index contributed by atoms with van der Waals surface area (Å²) >= 11 is 0. The minimum atomic E-state index is 0.264. The molecule has 0 unspecified atom stereocenters. The van der Waals surface area contributed by atoms with Crippen LogP contribution in [0.25, 0.3) is 11.3 Å². The number of aromatic nitrogens is 4. The van der Waals surface area contributed by atoms with Gasteiger partial charge in [0.2, 0.25) is 5.91 Å². The Kier molecular flexibility index (Phi) is 4.06. The monoisotopic (exact) mass is 353 g/mol. The number of rotatable bonds is 4. The second-order valence-corrected chi connectivity index (χ2v) is 8.16. The van der Waals surface area contributed by atoms with Crippen molar-refractivity contribution in [2.24, 2.45) is 11.8 Å². The maximum Gasteiger partial charge on any atom is 0.225 e. The first-order chi connectivity index (χ1) is 12.8. The zero-order chi connectivity index (χ0) is 17.5. The Hall–Kier alpha value is -2.11. The molecule has 0 spiro atoms. The molecule has 1 amide bonds. The van der Waals surface area contributed by atoms with Gasteiger partial charge >= 0.3 is 0 Å². The lowest BCUT2D eigenvalue weighted by Crippen LogP contribution is -2.37. The van der Waals surface area contributed by atoms with Crippen LogP contribution in [0, 0.1) is 11.8 Å². The van der Waals surface area contributed by atoms with Gasteiger partial charge in [-0.2, -0.15) is 5.10 Å². The lowest BCUT2D eigenvalue weighted by Gasteiger charge is -2.23. The summed E-state index contributed by atoms with van der Waals surface area (Å²) in [5.74, 6) is 2.55. The lowest BCUT2D eigenvalue weighted by atomic mass is 10.1. The summed E-state index contributed by atoms with van der Waals surface area (Å²) in [5.41, 5.74) is 2.28. The number of hydrogen-bond donors (Lipinski definition) is 0. The third kappa shape index (κ3) is 3.06. The number of amides is 1. The van der Waals surface area contributed by atoms with E-state index in [0.717, 1.165) is 68.4 Å². The Bertz CT molecular complexity index is 797. The normalized spacial score (nSPS) is 21.0. The maximum atomic E-state index is 12.8. The van der Waals surface area contributed by atoms with Crippen LogP contribution in [-0.2, 0) is 24.3 Å². The molecule has 2 fully saturated rings. The van der Waals surface area contributed by atoms with Gasteiger partial charge in [0.25, 0.3) is 0 Å². The summed E-state index contributed by atoms with van der Waals surface area (Å²) in [7, 11) is 0. The van der Waals surface area contributed by atoms with Gasteiger partial charge < -0.3 is 9.47 Å². The summed E-state index contributed by atoms with van der Waals surface area (Å²) in [4.78, 5) is 19.5. The van der Waals surface area contributed by atoms with Crippen LogP contribution in [0.2, 0.25) is 0 Å². The zero-order valence-corrected chi connectivity index (χ0v) is 15.3. The zero-order valence-electron chi connectivity index (χ0n) is 15.3. The van der Waals surface area contributed by atoms with Gasteiger partial charge in [-0.25, -0.2) is 4.98 Å². The Morgan fingerprint density at radius 3 is 2.73 bits per heavy atom. The van der Waals surface area contributed by atoms with Crippen LogP contribution >= 0.6 is 0 Å². The molecule has 6 heteroatoms. The van der Waals surface area contributed by atoms with Crippen LogP contribution in [0.5, 0.6) is 0 Å². The summed E-state index contributed by atoms with van der Waals surface area (Å²) < 4.78 is 4.36. The van der Waals surface area contributed by atoms with Crippen LogP contribution in [0.4, 0.5) is 0 Å². The molecule has 5 rings (SSSR count). The van der Waals surface area contributed by atoms with Crippen LogP contribution in [0.15, 0.2) is 18.6 Å². The van der Waals surface area contributed by atoms with Gasteiger partial charge in [0, 0.05) is 50.3 Å². The molecule has 1 aliphatic heterocycles. The quantitative estimate of drug-likeness (QED) is 0.849. The topological polar surface area (TPSA) is 56.0 Å². The molecule has 3 heterocycles. The molecule has 26 heavy (non-hydrogen) atoms. The highest BCUT2D eigenvalue weighted by atomic mass is 16.2. The van der Waals surface area contributed by atoms with Crippen molar-refractivity contribution in [2.75, 3.05) is 13.1 Å². The fourth-order valence-corrected chi connectivity index (χ4v) is 4.47. The van der Waals surface area contributed by atoms with Crippen molar-refractivity contribution in [1.82, 2.24) is 24.2 Å². The molecule has 0 atom stereocenters. The molecular formula is C20H27N5O. The Balaban J connectivity index is 1.31. The number of imidazole rings is 1. The molecule has 0 bridgehead atoms. The highest BCUT2D eigenvalue weighted by Crippen LogP contribution is 2.31. The predicted octanol–water partition coefficient (Wildman–Crippen LogP) is 2.73. The Morgan fingerprint density at radius 1 is 1.08 bits per heavy atom. The summed E-state index contributed by atoms with van der Waals surface area (Å²) in [6.45, 7) is 3.45. The van der Waals surface area contributed by atoms with Crippen LogP contribution in [0.1, 0.15) is 44.3 Å². The highest BCUT2D eigenvalue weighted by molar-refractivity contribution is 5.79. The minimum Gasteiger partial charge on any atom is -0.340 e. The molecule has 2 saturated carbocycles. The number of fused-ring (bicyclic) bond motifs is 1. The number of hydrogen-bond acceptors (Lipinski definition) is 3. The van der Waals surface area contributed by atoms with E-state index in [9.17, 15) is 4.79 Å². The van der Waals surface area contributed by atoms with Gasteiger partial charge in [-0.05, 0) is 31.6 Å². The molecule has 0 N–H and O–H groups in total. The molecule has 0 aromatic carbocycles. The van der Waals surface area contributed by atoms with E-state index < -0.39 is 0 Å². The van der Waals surface area contributed by atoms with E-state index in [0.29, 0.717) is 5.91 Å². The molecule has 3 aliphatic rings. The maximum absolute atomic E-state index is 12.8. The number of nitrogens with zero attached hydrogens (tertiary/aromatic N) is 5. The van der Waals surface area contributed by atoms with Crippen molar-refractivity contribution < 1.29 is 4.79 Å². The smallest absolute Gasteiger partial charge is 0.225 e. The Labute approximate surface area is 154 Å². The minimum absolute atomic E-state index is 0.264. The van der Waals surface area contributed by atoms with Crippen molar-refractivity contribution in [3.05, 3.63) is 24.4 Å². The molecule has 0 saturated heterocycles. The third-order valence-electron chi connectivity index (χ3n) is 6.22. The van der Waals surface area contributed by atoms with Gasteiger partial charge in [-0.3, -0.25) is 9.48 Å². The first kappa shape index (κ1) is 16.1. The van der Waals surface area contributed by atoms with E-state index in [2.05, 4.69) is 30.4 Å². The van der Waals surface area contributed by atoms with Crippen LogP contribution < -0.4 is 0 Å². The van der Waals surface area contributed by atoms with Gasteiger partial charge in [0.15, 0.2) is 0 Å². The molecule has 2 aliphatic carbocycles. The van der Waals surface area contributed by atoms with Crippen LogP contribution in [-0.4, -0.2) is 43.2 Å². The van der Waals surface area contributed by atoms with Crippen molar-refractivity contribution in [3.8, 4) is 11.3 Å². The molecule has 2 aromatic heterocycles. The average Bonchev–Trinajstić information content (AvgIpc) is 3.03. The summed E-state index contributed by atoms with van der Waals surface area (Å²) in [6, 6.07) is 0. The summed E-state index contributed by atoms with van der Waals surface area (Å²) in [6.07, 6.45) is 14.2. The third-order valence-corrected chi connectivity index (χ3v) is 6.22. The van der Waals surface area contributed by atoms with E-state index >= 15 is 0 Å². The molecule has 6 nitrogen and oxygen atoms in total. The van der Waals surface area contributed by atoms with E-state index in [1.165, 1.54) is 25.7 Å². The van der Waals surface area contributed by atoms with Gasteiger partial charge in [-0.15, -0.1) is 0 Å². The first-order valence-electron chi connectivity index (χ1n) is 10.1. The van der Waals surface area contributed by atoms with E-state index in [1.807, 2.05) is 12.4 Å². The largest absolute Gasteiger partial charge is 0.340 e. The van der Waals surface area contributed by atoms with Crippen molar-refractivity contribution in [1.29, 1.82) is 0 Å². The fraction of sp³-hybridized carbons (Fsp3) is 0.650. The van der Waals surface area contributed by atoms with E-state index in [1.54, 1.807) is 0 Å². The fourth-order valence-electron chi connectivity index (χ4n) is 4.47. The van der Waals surface area contributed by atoms with E-state index in [4.69, 9.17) is 0 Å². The second kappa shape index (κ2) is 6.56. The van der Waals surface area contributed by atoms with Crippen molar-refractivity contribution in [3.63, 3.8) is 0 Å². The second-order valence-electron chi connectivity index (χ2n) is 8.16. The summed E-state index contributed by atoms with van der Waals surface area (Å²) in [5, 5.41) is 4.53. The molecule has 0 radical (unpaired) electrons. The first-order valence-corrected chi connectivity index (χ1v) is 10.1. The van der Waals surface area contributed by atoms with E-state index in [-0.39, 0.29) is 5.92 Å².